The fourth-order valence-electron chi connectivity index (χ4n) is 2.45. The summed E-state index contributed by atoms with van der Waals surface area (Å²) in [5, 5.41) is 12.9. The molecule has 1 saturated heterocycles. The van der Waals surface area contributed by atoms with Crippen LogP contribution in [-0.2, 0) is 0 Å². The highest BCUT2D eigenvalue weighted by Gasteiger charge is 2.52. The molecule has 2 nitrogen and oxygen atoms in total. The third-order valence-corrected chi connectivity index (χ3v) is 3.41. The lowest BCUT2D eigenvalue weighted by Crippen LogP contribution is -2.52. The predicted molar refractivity (Wildman–Crippen MR) is 39.8 cm³/mol. The summed E-state index contributed by atoms with van der Waals surface area (Å²) in [6.45, 7) is 3.04. The van der Waals surface area contributed by atoms with E-state index in [0.717, 1.165) is 6.54 Å². The molecule has 0 amide bonds. The molecule has 2 rings (SSSR count). The van der Waals surface area contributed by atoms with Crippen molar-refractivity contribution in [3.05, 3.63) is 0 Å². The van der Waals surface area contributed by atoms with Crippen LogP contribution in [0.4, 0.5) is 0 Å². The Balaban J connectivity index is 2.14. The minimum absolute atomic E-state index is 0.110. The molecule has 1 saturated carbocycles. The first-order chi connectivity index (χ1) is 4.76. The van der Waals surface area contributed by atoms with Gasteiger partial charge in [0.05, 0.1) is 6.10 Å². The third kappa shape index (κ3) is 0.611. The van der Waals surface area contributed by atoms with E-state index in [-0.39, 0.29) is 11.5 Å². The summed E-state index contributed by atoms with van der Waals surface area (Å²) in [7, 11) is 0. The summed E-state index contributed by atoms with van der Waals surface area (Å²) < 4.78 is 0. The molecular weight excluding hydrogens is 126 g/mol. The fourth-order valence-corrected chi connectivity index (χ4v) is 2.45. The quantitative estimate of drug-likeness (QED) is 0.557. The van der Waals surface area contributed by atoms with E-state index in [1.54, 1.807) is 0 Å². The summed E-state index contributed by atoms with van der Waals surface area (Å²) in [5.41, 5.74) is 0.278. The second-order valence-electron chi connectivity index (χ2n) is 3.70. The van der Waals surface area contributed by atoms with Crippen molar-refractivity contribution in [2.75, 3.05) is 6.54 Å². The lowest BCUT2D eigenvalue weighted by molar-refractivity contribution is -0.0300. The van der Waals surface area contributed by atoms with Gasteiger partial charge < -0.3 is 10.4 Å². The van der Waals surface area contributed by atoms with Crippen LogP contribution in [0.25, 0.3) is 0 Å². The highest BCUT2D eigenvalue weighted by molar-refractivity contribution is 5.07. The van der Waals surface area contributed by atoms with Gasteiger partial charge in [-0.1, -0.05) is 0 Å². The van der Waals surface area contributed by atoms with Crippen molar-refractivity contribution in [3.8, 4) is 0 Å². The molecule has 0 spiro atoms. The summed E-state index contributed by atoms with van der Waals surface area (Å²) in [4.78, 5) is 0. The number of fused-ring (bicyclic) bond motifs is 1. The topological polar surface area (TPSA) is 32.3 Å². The van der Waals surface area contributed by atoms with E-state index in [0.29, 0.717) is 6.04 Å². The van der Waals surface area contributed by atoms with Gasteiger partial charge in [0.15, 0.2) is 0 Å². The van der Waals surface area contributed by atoms with Crippen molar-refractivity contribution < 1.29 is 5.11 Å². The highest BCUT2D eigenvalue weighted by atomic mass is 16.3. The van der Waals surface area contributed by atoms with Gasteiger partial charge >= 0.3 is 0 Å². The predicted octanol–water partition coefficient (Wildman–Crippen LogP) is 0.509. The van der Waals surface area contributed by atoms with Crippen LogP contribution in [0.2, 0.25) is 0 Å². The average molecular weight is 141 g/mol. The molecule has 0 aromatic rings. The maximum Gasteiger partial charge on any atom is 0.0583 e. The Bertz CT molecular complexity index is 146. The van der Waals surface area contributed by atoms with Gasteiger partial charge in [-0.05, 0) is 32.7 Å². The monoisotopic (exact) mass is 141 g/mol. The Hall–Kier alpha value is -0.0800. The second kappa shape index (κ2) is 1.95. The van der Waals surface area contributed by atoms with Gasteiger partial charge in [0, 0.05) is 11.5 Å². The maximum atomic E-state index is 9.49. The largest absolute Gasteiger partial charge is 0.393 e. The van der Waals surface area contributed by atoms with E-state index in [9.17, 15) is 5.11 Å². The molecule has 1 aliphatic carbocycles. The van der Waals surface area contributed by atoms with Crippen molar-refractivity contribution in [2.24, 2.45) is 5.41 Å². The van der Waals surface area contributed by atoms with E-state index < -0.39 is 0 Å². The molecule has 0 aromatic heterocycles. The zero-order valence-corrected chi connectivity index (χ0v) is 6.43. The lowest BCUT2D eigenvalue weighted by Gasteiger charge is -2.46. The average Bonchev–Trinajstić information content (AvgIpc) is 2.09. The molecule has 0 radical (unpaired) electrons. The van der Waals surface area contributed by atoms with Gasteiger partial charge in [-0.25, -0.2) is 0 Å². The maximum absolute atomic E-state index is 9.49. The van der Waals surface area contributed by atoms with Crippen LogP contribution in [0, 0.1) is 5.41 Å². The van der Waals surface area contributed by atoms with Crippen molar-refractivity contribution in [1.82, 2.24) is 5.32 Å². The second-order valence-corrected chi connectivity index (χ2v) is 3.70. The molecule has 10 heavy (non-hydrogen) atoms. The molecule has 2 heteroatoms. The zero-order chi connectivity index (χ0) is 7.19. The summed E-state index contributed by atoms with van der Waals surface area (Å²) >= 11 is 0. The number of nitrogens with one attached hydrogen (secondary N) is 1. The molecule has 3 unspecified atom stereocenters. The first kappa shape index (κ1) is 6.62. The summed E-state index contributed by atoms with van der Waals surface area (Å²) in [5.74, 6) is 0. The normalized spacial score (nSPS) is 48.0. The smallest absolute Gasteiger partial charge is 0.0583 e. The third-order valence-electron chi connectivity index (χ3n) is 3.41. The van der Waals surface area contributed by atoms with E-state index in [2.05, 4.69) is 5.32 Å². The Morgan fingerprint density at radius 1 is 1.60 bits per heavy atom. The SMILES string of the molecule is CC(O)C12CCNC1CC2. The molecule has 3 atom stereocenters. The Kier molecular flexibility index (Phi) is 1.29. The van der Waals surface area contributed by atoms with Gasteiger partial charge in [-0.3, -0.25) is 0 Å². The van der Waals surface area contributed by atoms with Crippen LogP contribution >= 0.6 is 0 Å². The molecule has 2 N–H and O–H groups in total. The van der Waals surface area contributed by atoms with Crippen LogP contribution in [0.15, 0.2) is 0 Å². The Labute approximate surface area is 61.6 Å². The van der Waals surface area contributed by atoms with Crippen molar-refractivity contribution in [1.29, 1.82) is 0 Å². The highest BCUT2D eigenvalue weighted by Crippen LogP contribution is 2.49. The van der Waals surface area contributed by atoms with Gasteiger partial charge in [-0.15, -0.1) is 0 Å². The first-order valence-corrected chi connectivity index (χ1v) is 4.17. The van der Waals surface area contributed by atoms with Crippen LogP contribution in [0.5, 0.6) is 0 Å². The number of hydrogen-bond donors (Lipinski definition) is 2. The van der Waals surface area contributed by atoms with E-state index >= 15 is 0 Å². The van der Waals surface area contributed by atoms with Gasteiger partial charge in [0.25, 0.3) is 0 Å². The zero-order valence-electron chi connectivity index (χ0n) is 6.43. The minimum atomic E-state index is -0.110. The molecular formula is C8H15NO. The molecule has 2 aliphatic rings. The van der Waals surface area contributed by atoms with Gasteiger partial charge in [-0.2, -0.15) is 0 Å². The number of aliphatic hydroxyl groups excluding tert-OH is 1. The molecule has 0 bridgehead atoms. The molecule has 58 valence electrons. The van der Waals surface area contributed by atoms with E-state index in [1.807, 2.05) is 6.92 Å². The van der Waals surface area contributed by atoms with Crippen LogP contribution in [0.3, 0.4) is 0 Å². The van der Waals surface area contributed by atoms with Crippen molar-refractivity contribution in [3.63, 3.8) is 0 Å². The van der Waals surface area contributed by atoms with Crippen LogP contribution in [0.1, 0.15) is 26.2 Å². The van der Waals surface area contributed by atoms with Crippen LogP contribution < -0.4 is 5.32 Å². The summed E-state index contributed by atoms with van der Waals surface area (Å²) in [6, 6.07) is 0.632. The van der Waals surface area contributed by atoms with Crippen molar-refractivity contribution in [2.45, 2.75) is 38.3 Å². The standard InChI is InChI=1S/C8H15NO/c1-6(10)8-3-2-7(8)9-5-4-8/h6-7,9-10H,2-5H2,1H3. The molecule has 1 heterocycles. The van der Waals surface area contributed by atoms with Gasteiger partial charge in [0.1, 0.15) is 0 Å². The van der Waals surface area contributed by atoms with E-state index in [1.165, 1.54) is 19.3 Å². The van der Waals surface area contributed by atoms with Gasteiger partial charge in [0.2, 0.25) is 0 Å². The minimum Gasteiger partial charge on any atom is -0.393 e. The summed E-state index contributed by atoms with van der Waals surface area (Å²) in [6.07, 6.45) is 3.56. The van der Waals surface area contributed by atoms with Crippen molar-refractivity contribution >= 4 is 0 Å². The molecule has 0 aromatic carbocycles. The van der Waals surface area contributed by atoms with Crippen LogP contribution in [-0.4, -0.2) is 23.8 Å². The number of aliphatic hydroxyl groups is 1. The number of rotatable bonds is 1. The number of hydrogen-bond acceptors (Lipinski definition) is 2. The van der Waals surface area contributed by atoms with E-state index in [4.69, 9.17) is 0 Å². The molecule has 2 fully saturated rings. The first-order valence-electron chi connectivity index (χ1n) is 4.17. The lowest BCUT2D eigenvalue weighted by atomic mass is 9.62. The fraction of sp³-hybridized carbons (Fsp3) is 1.00. The Morgan fingerprint density at radius 2 is 2.40 bits per heavy atom. The Morgan fingerprint density at radius 3 is 2.70 bits per heavy atom. The molecule has 1 aliphatic heterocycles.